The smallest absolute Gasteiger partial charge is 0.434 e. The van der Waals surface area contributed by atoms with Crippen molar-refractivity contribution in [3.8, 4) is 11.5 Å². The van der Waals surface area contributed by atoms with Crippen LogP contribution in [0.5, 0.6) is 11.5 Å². The Morgan fingerprint density at radius 3 is 2.32 bits per heavy atom. The van der Waals surface area contributed by atoms with Crippen molar-refractivity contribution in [2.45, 2.75) is 33.0 Å². The number of allylic oxidation sites excluding steroid dienone is 1. The Labute approximate surface area is 262 Å². The van der Waals surface area contributed by atoms with E-state index in [0.29, 0.717) is 21.9 Å². The Kier molecular flexibility index (Phi) is 10.4. The normalized spacial score (nSPS) is 15.0. The first-order valence-corrected chi connectivity index (χ1v) is 14.8. The van der Waals surface area contributed by atoms with Crippen molar-refractivity contribution < 1.29 is 41.7 Å². The van der Waals surface area contributed by atoms with E-state index in [1.807, 2.05) is 0 Å². The van der Waals surface area contributed by atoms with Crippen LogP contribution < -0.4 is 24.4 Å². The van der Waals surface area contributed by atoms with Gasteiger partial charge in [0.2, 0.25) is 0 Å². The maximum Gasteiger partial charge on any atom is 0.434 e. The van der Waals surface area contributed by atoms with Gasteiger partial charge >= 0.3 is 18.1 Å². The van der Waals surface area contributed by atoms with Gasteiger partial charge in [-0.15, -0.1) is 0 Å². The molecule has 0 spiro atoms. The summed E-state index contributed by atoms with van der Waals surface area (Å²) >= 11 is 13.1. The molecule has 1 aliphatic heterocycles. The number of esters is 2. The number of benzene rings is 2. The maximum absolute atomic E-state index is 14.3. The van der Waals surface area contributed by atoms with Gasteiger partial charge in [-0.1, -0.05) is 46.7 Å². The summed E-state index contributed by atoms with van der Waals surface area (Å²) in [7, 11) is 0. The number of alkyl halides is 3. The second-order valence-electron chi connectivity index (χ2n) is 8.97. The summed E-state index contributed by atoms with van der Waals surface area (Å²) in [5.74, 6) is -1.65. The fraction of sp³-hybridized carbons (Fsp3) is 0.310. The van der Waals surface area contributed by atoms with Crippen LogP contribution in [0.4, 0.5) is 13.2 Å². The lowest BCUT2D eigenvalue weighted by Gasteiger charge is -2.26. The molecule has 234 valence electrons. The minimum absolute atomic E-state index is 0.00643. The van der Waals surface area contributed by atoms with E-state index < -0.39 is 47.6 Å². The monoisotopic (exact) mass is 672 g/mol. The maximum atomic E-state index is 14.3. The summed E-state index contributed by atoms with van der Waals surface area (Å²) in [6.45, 7) is 4.55. The minimum Gasteiger partial charge on any atom is -0.490 e. The van der Waals surface area contributed by atoms with Crippen LogP contribution in [-0.2, 0) is 19.1 Å². The molecule has 9 nitrogen and oxygen atoms in total. The van der Waals surface area contributed by atoms with Gasteiger partial charge in [-0.2, -0.15) is 13.2 Å². The Morgan fingerprint density at radius 2 is 1.70 bits per heavy atom. The third-order valence-corrected chi connectivity index (χ3v) is 7.57. The van der Waals surface area contributed by atoms with E-state index >= 15 is 0 Å². The highest BCUT2D eigenvalue weighted by atomic mass is 35.5. The molecular formula is C29H25Cl2F3N2O7S. The molecule has 0 aliphatic carbocycles. The molecule has 0 fully saturated rings. The van der Waals surface area contributed by atoms with E-state index in [-0.39, 0.29) is 51.2 Å². The zero-order valence-corrected chi connectivity index (χ0v) is 25.8. The van der Waals surface area contributed by atoms with E-state index in [2.05, 4.69) is 4.99 Å². The lowest BCUT2D eigenvalue weighted by Crippen LogP contribution is -2.41. The van der Waals surface area contributed by atoms with Gasteiger partial charge in [0.25, 0.3) is 5.56 Å². The Hall–Kier alpha value is -3.81. The number of ether oxygens (including phenoxy) is 4. The number of hydrogen-bond donors (Lipinski definition) is 0. The van der Waals surface area contributed by atoms with Crippen molar-refractivity contribution in [1.29, 1.82) is 0 Å². The van der Waals surface area contributed by atoms with E-state index in [1.165, 1.54) is 49.4 Å². The van der Waals surface area contributed by atoms with Crippen LogP contribution in [0.3, 0.4) is 0 Å². The number of carbonyl (C=O) groups is 2. The van der Waals surface area contributed by atoms with Crippen LogP contribution in [-0.4, -0.2) is 49.1 Å². The number of rotatable bonds is 10. The molecule has 0 N–H and O–H groups in total. The summed E-state index contributed by atoms with van der Waals surface area (Å²) in [6.07, 6.45) is -3.64. The third kappa shape index (κ3) is 7.11. The van der Waals surface area contributed by atoms with Crippen LogP contribution in [0.15, 0.2) is 57.5 Å². The summed E-state index contributed by atoms with van der Waals surface area (Å²) in [5, 5.41) is 0.345. The van der Waals surface area contributed by atoms with Crippen molar-refractivity contribution in [1.82, 2.24) is 4.57 Å². The number of nitrogens with zero attached hydrogens (tertiary/aromatic N) is 2. The fourth-order valence-corrected chi connectivity index (χ4v) is 5.76. The van der Waals surface area contributed by atoms with Crippen LogP contribution >= 0.6 is 34.5 Å². The third-order valence-electron chi connectivity index (χ3n) is 6.05. The highest BCUT2D eigenvalue weighted by Crippen LogP contribution is 2.39. The SMILES string of the molecule is CCOC(=O)COc1c(Cl)cc(/C=c2\sc3n(c2=O)[C@@H](c2ccc(Cl)cc2)C(C(=O)OCC)=C(C(F)(F)F)N=3)cc1OCC. The topological polar surface area (TPSA) is 105 Å². The molecule has 3 aromatic rings. The molecule has 4 rings (SSSR count). The fourth-order valence-electron chi connectivity index (χ4n) is 4.36. The van der Waals surface area contributed by atoms with Gasteiger partial charge in [0.05, 0.1) is 41.0 Å². The molecule has 2 heterocycles. The number of thiazole rings is 1. The average Bonchev–Trinajstić information content (AvgIpc) is 3.26. The number of carbonyl (C=O) groups excluding carboxylic acids is 2. The van der Waals surface area contributed by atoms with Gasteiger partial charge in [0.15, 0.2) is 28.6 Å². The predicted octanol–water partition coefficient (Wildman–Crippen LogP) is 4.99. The van der Waals surface area contributed by atoms with Crippen LogP contribution in [0.1, 0.15) is 37.9 Å². The first kappa shape index (κ1) is 33.1. The van der Waals surface area contributed by atoms with Crippen LogP contribution in [0.25, 0.3) is 6.08 Å². The first-order chi connectivity index (χ1) is 20.9. The Morgan fingerprint density at radius 1 is 1.02 bits per heavy atom. The highest BCUT2D eigenvalue weighted by Gasteiger charge is 2.45. The molecule has 0 saturated heterocycles. The van der Waals surface area contributed by atoms with Crippen LogP contribution in [0, 0.1) is 0 Å². The molecule has 0 amide bonds. The van der Waals surface area contributed by atoms with Crippen molar-refractivity contribution in [3.05, 3.63) is 88.5 Å². The molecule has 1 aromatic heterocycles. The van der Waals surface area contributed by atoms with Gasteiger partial charge in [0, 0.05) is 5.02 Å². The second kappa shape index (κ2) is 13.9. The molecule has 0 radical (unpaired) electrons. The lowest BCUT2D eigenvalue weighted by molar-refractivity contribution is -0.145. The predicted molar refractivity (Wildman–Crippen MR) is 157 cm³/mol. The first-order valence-electron chi connectivity index (χ1n) is 13.2. The molecule has 0 unspecified atom stereocenters. The van der Waals surface area contributed by atoms with Crippen molar-refractivity contribution >= 4 is 52.6 Å². The molecular weight excluding hydrogens is 648 g/mol. The molecule has 2 aromatic carbocycles. The van der Waals surface area contributed by atoms with E-state index in [9.17, 15) is 27.6 Å². The van der Waals surface area contributed by atoms with Crippen molar-refractivity contribution in [2.24, 2.45) is 4.99 Å². The zero-order chi connectivity index (χ0) is 32.2. The number of aromatic nitrogens is 1. The molecule has 15 heteroatoms. The van der Waals surface area contributed by atoms with Crippen molar-refractivity contribution in [3.63, 3.8) is 0 Å². The quantitative estimate of drug-likeness (QED) is 0.280. The van der Waals surface area contributed by atoms with E-state index in [0.717, 1.165) is 4.57 Å². The zero-order valence-electron chi connectivity index (χ0n) is 23.5. The van der Waals surface area contributed by atoms with Gasteiger partial charge in [-0.3, -0.25) is 9.36 Å². The molecule has 1 atom stereocenters. The molecule has 1 aliphatic rings. The summed E-state index contributed by atoms with van der Waals surface area (Å²) in [5.41, 5.74) is -2.48. The molecule has 0 saturated carbocycles. The van der Waals surface area contributed by atoms with E-state index in [1.54, 1.807) is 13.8 Å². The Bertz CT molecular complexity index is 1780. The van der Waals surface area contributed by atoms with Crippen LogP contribution in [0.2, 0.25) is 10.0 Å². The molecule has 0 bridgehead atoms. The van der Waals surface area contributed by atoms with Crippen molar-refractivity contribution in [2.75, 3.05) is 26.4 Å². The van der Waals surface area contributed by atoms with Gasteiger partial charge < -0.3 is 18.9 Å². The Balaban J connectivity index is 1.91. The second-order valence-corrected chi connectivity index (χ2v) is 10.8. The highest BCUT2D eigenvalue weighted by molar-refractivity contribution is 7.07. The summed E-state index contributed by atoms with van der Waals surface area (Å²) in [4.78, 5) is 42.0. The number of halogens is 5. The van der Waals surface area contributed by atoms with Gasteiger partial charge in [0.1, 0.15) is 0 Å². The summed E-state index contributed by atoms with van der Waals surface area (Å²) < 4.78 is 64.9. The number of hydrogen-bond acceptors (Lipinski definition) is 9. The lowest BCUT2D eigenvalue weighted by atomic mass is 9.95. The minimum atomic E-state index is -5.04. The standard InChI is InChI=1S/C29H25Cl2F3N2O7S/c1-4-40-19-12-15(11-18(31)24(19)43-14-21(37)41-5-2)13-20-26(38)36-23(16-7-9-17(30)10-8-16)22(27(39)42-6-3)25(29(32,33)34)35-28(36)44-20/h7-13,23H,4-6,14H2,1-3H3/b20-13-/t23-/m0/s1. The average molecular weight is 673 g/mol. The number of fused-ring (bicyclic) bond motifs is 1. The van der Waals surface area contributed by atoms with E-state index in [4.69, 9.17) is 42.1 Å². The molecule has 44 heavy (non-hydrogen) atoms. The summed E-state index contributed by atoms with van der Waals surface area (Å²) in [6, 6.07) is 7.14. The van der Waals surface area contributed by atoms with Gasteiger partial charge in [-0.25, -0.2) is 14.6 Å². The largest absolute Gasteiger partial charge is 0.490 e. The van der Waals surface area contributed by atoms with Gasteiger partial charge in [-0.05, 0) is 62.2 Å².